The summed E-state index contributed by atoms with van der Waals surface area (Å²) < 4.78 is 34.5. The van der Waals surface area contributed by atoms with Gasteiger partial charge in [-0.15, -0.1) is 0 Å². The van der Waals surface area contributed by atoms with E-state index in [0.717, 1.165) is 28.3 Å². The Bertz CT molecular complexity index is 1670. The number of unbranched alkanes of at least 4 members (excludes halogenated alkanes) is 1. The summed E-state index contributed by atoms with van der Waals surface area (Å²) in [5.74, 6) is -0.272. The highest BCUT2D eigenvalue weighted by molar-refractivity contribution is 7.92. The van der Waals surface area contributed by atoms with E-state index in [9.17, 15) is 18.0 Å². The van der Waals surface area contributed by atoms with Gasteiger partial charge in [-0.2, -0.15) is 0 Å². The third kappa shape index (κ3) is 9.09. The summed E-state index contributed by atoms with van der Waals surface area (Å²) >= 11 is 6.28. The summed E-state index contributed by atoms with van der Waals surface area (Å²) in [5.41, 5.74) is 1.82. The molecule has 4 aromatic carbocycles. The lowest BCUT2D eigenvalue weighted by Gasteiger charge is -2.34. The highest BCUT2D eigenvalue weighted by atomic mass is 35.5. The van der Waals surface area contributed by atoms with Gasteiger partial charge in [-0.1, -0.05) is 91.7 Å². The van der Waals surface area contributed by atoms with Crippen LogP contribution in [0.25, 0.3) is 0 Å². The lowest BCUT2D eigenvalue weighted by Crippen LogP contribution is -2.53. The molecule has 8 nitrogen and oxygen atoms in total. The lowest BCUT2D eigenvalue weighted by molar-refractivity contribution is -0.140. The Hall–Kier alpha value is -4.34. The molecule has 0 unspecified atom stereocenters. The van der Waals surface area contributed by atoms with Crippen LogP contribution >= 0.6 is 11.6 Å². The van der Waals surface area contributed by atoms with Gasteiger partial charge in [0.05, 0.1) is 17.7 Å². The number of rotatable bonds is 15. The molecule has 0 saturated carbocycles. The maximum atomic E-state index is 14.5. The van der Waals surface area contributed by atoms with Crippen LogP contribution in [-0.2, 0) is 32.6 Å². The zero-order valence-electron chi connectivity index (χ0n) is 25.4. The zero-order chi connectivity index (χ0) is 32.2. The molecule has 1 atom stereocenters. The van der Waals surface area contributed by atoms with Crippen molar-refractivity contribution in [3.8, 4) is 5.75 Å². The Morgan fingerprint density at radius 1 is 0.867 bits per heavy atom. The zero-order valence-corrected chi connectivity index (χ0v) is 27.0. The number of anilines is 1. The predicted molar refractivity (Wildman–Crippen MR) is 178 cm³/mol. The molecule has 0 aliphatic rings. The highest BCUT2D eigenvalue weighted by Crippen LogP contribution is 2.27. The first-order valence-corrected chi connectivity index (χ1v) is 16.6. The van der Waals surface area contributed by atoms with Gasteiger partial charge in [0.15, 0.2) is 0 Å². The number of carbonyl (C=O) groups is 2. The van der Waals surface area contributed by atoms with Crippen molar-refractivity contribution in [2.45, 2.75) is 43.7 Å². The van der Waals surface area contributed by atoms with Crippen LogP contribution in [0.5, 0.6) is 5.75 Å². The number of sulfonamides is 1. The van der Waals surface area contributed by atoms with Crippen LogP contribution in [-0.4, -0.2) is 51.4 Å². The molecule has 2 amide bonds. The molecule has 0 bridgehead atoms. The average Bonchev–Trinajstić information content (AvgIpc) is 3.06. The van der Waals surface area contributed by atoms with Crippen molar-refractivity contribution in [1.82, 2.24) is 10.2 Å². The Morgan fingerprint density at radius 3 is 2.20 bits per heavy atom. The van der Waals surface area contributed by atoms with Crippen LogP contribution in [0, 0.1) is 0 Å². The molecule has 0 radical (unpaired) electrons. The van der Waals surface area contributed by atoms with Crippen molar-refractivity contribution in [3.63, 3.8) is 0 Å². The van der Waals surface area contributed by atoms with Gasteiger partial charge in [-0.25, -0.2) is 8.42 Å². The van der Waals surface area contributed by atoms with Crippen LogP contribution in [0.3, 0.4) is 0 Å². The van der Waals surface area contributed by atoms with Crippen LogP contribution in [0.2, 0.25) is 5.02 Å². The molecular weight excluding hydrogens is 610 g/mol. The van der Waals surface area contributed by atoms with E-state index in [2.05, 4.69) is 5.32 Å². The lowest BCUT2D eigenvalue weighted by atomic mass is 10.0. The van der Waals surface area contributed by atoms with Gasteiger partial charge in [0.25, 0.3) is 10.0 Å². The fourth-order valence-electron chi connectivity index (χ4n) is 4.91. The van der Waals surface area contributed by atoms with Crippen molar-refractivity contribution in [1.29, 1.82) is 0 Å². The summed E-state index contributed by atoms with van der Waals surface area (Å²) in [6.07, 6.45) is 1.91. The molecule has 4 rings (SSSR count). The van der Waals surface area contributed by atoms with Gasteiger partial charge in [0.2, 0.25) is 11.8 Å². The Kier molecular flexibility index (Phi) is 12.0. The van der Waals surface area contributed by atoms with Crippen molar-refractivity contribution < 1.29 is 22.7 Å². The molecule has 0 spiro atoms. The number of methoxy groups -OCH3 is 1. The van der Waals surface area contributed by atoms with E-state index in [1.165, 1.54) is 23.1 Å². The first kappa shape index (κ1) is 33.6. The van der Waals surface area contributed by atoms with Crippen molar-refractivity contribution in [2.75, 3.05) is 24.5 Å². The van der Waals surface area contributed by atoms with E-state index < -0.39 is 28.5 Å². The molecule has 0 aliphatic heterocycles. The molecule has 4 aromatic rings. The highest BCUT2D eigenvalue weighted by Gasteiger charge is 2.34. The van der Waals surface area contributed by atoms with Gasteiger partial charge in [0.1, 0.15) is 18.3 Å². The molecule has 10 heteroatoms. The van der Waals surface area contributed by atoms with E-state index in [1.807, 2.05) is 49.4 Å². The Balaban J connectivity index is 1.79. The molecular formula is C35H38ClN3O5S. The minimum atomic E-state index is -4.20. The maximum absolute atomic E-state index is 14.5. The van der Waals surface area contributed by atoms with E-state index in [4.69, 9.17) is 16.3 Å². The Labute approximate surface area is 270 Å². The number of hydrogen-bond donors (Lipinski definition) is 1. The molecule has 0 heterocycles. The quantitative estimate of drug-likeness (QED) is 0.157. The Morgan fingerprint density at radius 2 is 1.53 bits per heavy atom. The van der Waals surface area contributed by atoms with Crippen molar-refractivity contribution in [3.05, 3.63) is 125 Å². The molecule has 236 valence electrons. The minimum absolute atomic E-state index is 0.0234. The van der Waals surface area contributed by atoms with E-state index >= 15 is 0 Å². The number of hydrogen-bond acceptors (Lipinski definition) is 5. The van der Waals surface area contributed by atoms with E-state index in [-0.39, 0.29) is 29.5 Å². The molecule has 45 heavy (non-hydrogen) atoms. The number of benzene rings is 4. The number of amides is 2. The third-order valence-electron chi connectivity index (χ3n) is 7.29. The van der Waals surface area contributed by atoms with Crippen LogP contribution < -0.4 is 14.4 Å². The second-order valence-electron chi connectivity index (χ2n) is 10.5. The van der Waals surface area contributed by atoms with Gasteiger partial charge in [-0.05, 0) is 60.0 Å². The molecule has 0 saturated heterocycles. The minimum Gasteiger partial charge on any atom is -0.497 e. The van der Waals surface area contributed by atoms with Crippen molar-refractivity contribution in [2.24, 2.45) is 0 Å². The number of nitrogens with one attached hydrogen (secondary N) is 1. The monoisotopic (exact) mass is 647 g/mol. The van der Waals surface area contributed by atoms with Crippen molar-refractivity contribution >= 4 is 39.1 Å². The smallest absolute Gasteiger partial charge is 0.264 e. The van der Waals surface area contributed by atoms with Gasteiger partial charge >= 0.3 is 0 Å². The normalized spacial score (nSPS) is 11.8. The van der Waals surface area contributed by atoms with Crippen LogP contribution in [0.1, 0.15) is 30.9 Å². The SMILES string of the molecule is CCCCNC(=O)[C@H](Cc1ccccc1)N(Cc1cccc(OC)c1)C(=O)CN(c1cccc(Cl)c1)S(=O)(=O)c1ccccc1. The number of ether oxygens (including phenoxy) is 1. The van der Waals surface area contributed by atoms with Gasteiger partial charge in [-0.3, -0.25) is 13.9 Å². The van der Waals surface area contributed by atoms with Crippen LogP contribution in [0.4, 0.5) is 5.69 Å². The average molecular weight is 648 g/mol. The fraction of sp³-hybridized carbons (Fsp3) is 0.257. The largest absolute Gasteiger partial charge is 0.497 e. The molecule has 0 aromatic heterocycles. The summed E-state index contributed by atoms with van der Waals surface area (Å²) in [5, 5.41) is 3.31. The summed E-state index contributed by atoms with van der Waals surface area (Å²) in [4.78, 5) is 29.8. The maximum Gasteiger partial charge on any atom is 0.264 e. The first-order valence-electron chi connectivity index (χ1n) is 14.8. The number of halogens is 1. The molecule has 0 fully saturated rings. The topological polar surface area (TPSA) is 96.0 Å². The van der Waals surface area contributed by atoms with Gasteiger partial charge in [0, 0.05) is 24.5 Å². The standard InChI is InChI=1S/C35H38ClN3O5S/c1-3-4-21-37-35(41)33(23-27-13-7-5-8-14-27)38(25-28-15-11-18-31(22-28)44-2)34(40)26-39(30-17-12-16-29(36)24-30)45(42,43)32-19-9-6-10-20-32/h5-20,22,24,33H,3-4,21,23,25-26H2,1-2H3,(H,37,41)/t33-/m0/s1. The molecule has 1 N–H and O–H groups in total. The molecule has 0 aliphatic carbocycles. The fourth-order valence-corrected chi connectivity index (χ4v) is 6.52. The summed E-state index contributed by atoms with van der Waals surface area (Å²) in [6.45, 7) is 1.97. The predicted octanol–water partition coefficient (Wildman–Crippen LogP) is 6.10. The number of carbonyl (C=O) groups excluding carboxylic acids is 2. The van der Waals surface area contributed by atoms with E-state index in [0.29, 0.717) is 17.3 Å². The number of nitrogens with zero attached hydrogens (tertiary/aromatic N) is 2. The first-order chi connectivity index (χ1) is 21.7. The second kappa shape index (κ2) is 16.1. The third-order valence-corrected chi connectivity index (χ3v) is 9.32. The van der Waals surface area contributed by atoms with Crippen LogP contribution in [0.15, 0.2) is 114 Å². The summed E-state index contributed by atoms with van der Waals surface area (Å²) in [6, 6.07) is 30.0. The van der Waals surface area contributed by atoms with E-state index in [1.54, 1.807) is 55.6 Å². The summed E-state index contributed by atoms with van der Waals surface area (Å²) in [7, 11) is -2.64. The second-order valence-corrected chi connectivity index (χ2v) is 12.8. The van der Waals surface area contributed by atoms with Gasteiger partial charge < -0.3 is 15.0 Å².